The third-order valence-corrected chi connectivity index (χ3v) is 4.33. The molecule has 0 radical (unpaired) electrons. The van der Waals surface area contributed by atoms with Crippen LogP contribution in [-0.2, 0) is 11.3 Å². The lowest BCUT2D eigenvalue weighted by Gasteiger charge is -2.38. The highest BCUT2D eigenvalue weighted by molar-refractivity contribution is 5.13. The minimum atomic E-state index is -0.737. The molecule has 0 heterocycles. The predicted octanol–water partition coefficient (Wildman–Crippen LogP) is 3.08. The van der Waals surface area contributed by atoms with Gasteiger partial charge in [0, 0.05) is 5.92 Å². The molecule has 1 fully saturated rings. The van der Waals surface area contributed by atoms with Gasteiger partial charge in [-0.25, -0.2) is 0 Å². The van der Waals surface area contributed by atoms with Gasteiger partial charge in [-0.3, -0.25) is 5.32 Å². The third kappa shape index (κ3) is 4.30. The van der Waals surface area contributed by atoms with E-state index in [2.05, 4.69) is 17.4 Å². The van der Waals surface area contributed by atoms with Gasteiger partial charge in [-0.05, 0) is 44.7 Å². The van der Waals surface area contributed by atoms with Gasteiger partial charge in [0.25, 0.3) is 0 Å². The fourth-order valence-electron chi connectivity index (χ4n) is 3.08. The van der Waals surface area contributed by atoms with E-state index in [4.69, 9.17) is 4.74 Å². The van der Waals surface area contributed by atoms with Crippen molar-refractivity contribution >= 4 is 0 Å². The van der Waals surface area contributed by atoms with Crippen molar-refractivity contribution in [3.63, 3.8) is 0 Å². The molecule has 0 saturated heterocycles. The number of hydrogen-bond donors (Lipinski definition) is 2. The zero-order valence-electron chi connectivity index (χ0n) is 12.6. The number of rotatable bonds is 6. The number of ether oxygens (including phenoxy) is 1. The van der Waals surface area contributed by atoms with Crippen molar-refractivity contribution in [2.24, 2.45) is 5.92 Å². The van der Waals surface area contributed by atoms with Crippen LogP contribution in [0.3, 0.4) is 0 Å². The molecular weight excluding hydrogens is 250 g/mol. The molecule has 112 valence electrons. The van der Waals surface area contributed by atoms with Gasteiger partial charge in [-0.1, -0.05) is 37.3 Å². The van der Waals surface area contributed by atoms with Crippen molar-refractivity contribution in [2.75, 3.05) is 6.54 Å². The minimum Gasteiger partial charge on any atom is -0.376 e. The Hall–Kier alpha value is -0.900. The largest absolute Gasteiger partial charge is 0.376 e. The van der Waals surface area contributed by atoms with E-state index in [1.165, 1.54) is 5.56 Å². The first-order chi connectivity index (χ1) is 9.62. The molecule has 3 nitrogen and oxygen atoms in total. The summed E-state index contributed by atoms with van der Waals surface area (Å²) < 4.78 is 5.99. The molecule has 2 rings (SSSR count). The van der Waals surface area contributed by atoms with Gasteiger partial charge in [0.15, 0.2) is 0 Å². The lowest BCUT2D eigenvalue weighted by atomic mass is 9.81. The summed E-state index contributed by atoms with van der Waals surface area (Å²) in [6, 6.07) is 10.3. The molecule has 1 aromatic carbocycles. The summed E-state index contributed by atoms with van der Waals surface area (Å²) >= 11 is 0. The second-order valence-electron chi connectivity index (χ2n) is 5.95. The van der Waals surface area contributed by atoms with E-state index in [0.717, 1.165) is 32.2 Å². The maximum absolute atomic E-state index is 10.4. The quantitative estimate of drug-likeness (QED) is 0.785. The molecule has 0 amide bonds. The second kappa shape index (κ2) is 7.21. The van der Waals surface area contributed by atoms with E-state index < -0.39 is 5.72 Å². The third-order valence-electron chi connectivity index (χ3n) is 4.33. The fraction of sp³-hybridized carbons (Fsp3) is 0.647. The van der Waals surface area contributed by atoms with E-state index >= 15 is 0 Å². The van der Waals surface area contributed by atoms with Crippen LogP contribution >= 0.6 is 0 Å². The van der Waals surface area contributed by atoms with E-state index in [-0.39, 0.29) is 0 Å². The highest BCUT2D eigenvalue weighted by Gasteiger charge is 2.34. The standard InChI is InChI=1S/C17H27NO2/c1-3-18-17(2,19)15-9-11-16(12-10-15)20-13-14-7-5-4-6-8-14/h4-8,15-16,18-19H,3,9-13H2,1-2H3. The molecule has 1 unspecified atom stereocenters. The molecule has 20 heavy (non-hydrogen) atoms. The zero-order valence-corrected chi connectivity index (χ0v) is 12.6. The molecule has 0 aromatic heterocycles. The molecule has 1 aromatic rings. The van der Waals surface area contributed by atoms with Crippen LogP contribution in [0.2, 0.25) is 0 Å². The molecule has 0 aliphatic heterocycles. The maximum atomic E-state index is 10.4. The van der Waals surface area contributed by atoms with Crippen molar-refractivity contribution in [1.29, 1.82) is 0 Å². The second-order valence-corrected chi connectivity index (χ2v) is 5.95. The average molecular weight is 277 g/mol. The normalized spacial score (nSPS) is 26.1. The number of benzene rings is 1. The Morgan fingerprint density at radius 3 is 2.45 bits per heavy atom. The molecule has 1 atom stereocenters. The van der Waals surface area contributed by atoms with Gasteiger partial charge in [0.1, 0.15) is 5.72 Å². The number of hydrogen-bond acceptors (Lipinski definition) is 3. The Morgan fingerprint density at radius 2 is 1.85 bits per heavy atom. The predicted molar refractivity (Wildman–Crippen MR) is 81.3 cm³/mol. The van der Waals surface area contributed by atoms with E-state index in [9.17, 15) is 5.11 Å². The molecule has 0 bridgehead atoms. The van der Waals surface area contributed by atoms with Gasteiger partial charge in [0.2, 0.25) is 0 Å². The Bertz CT molecular complexity index is 383. The first-order valence-corrected chi connectivity index (χ1v) is 7.74. The highest BCUT2D eigenvalue weighted by Crippen LogP contribution is 2.32. The lowest BCUT2D eigenvalue weighted by molar-refractivity contribution is -0.0704. The summed E-state index contributed by atoms with van der Waals surface area (Å²) in [5.74, 6) is 0.332. The summed E-state index contributed by atoms with van der Waals surface area (Å²) in [5.41, 5.74) is 0.494. The van der Waals surface area contributed by atoms with Crippen LogP contribution in [0.5, 0.6) is 0 Å². The first kappa shape index (κ1) is 15.5. The van der Waals surface area contributed by atoms with Gasteiger partial charge < -0.3 is 9.84 Å². The zero-order chi connectivity index (χ0) is 14.4. The summed E-state index contributed by atoms with van der Waals surface area (Å²) in [7, 11) is 0. The minimum absolute atomic E-state index is 0.332. The van der Waals surface area contributed by atoms with Crippen molar-refractivity contribution in [3.05, 3.63) is 35.9 Å². The van der Waals surface area contributed by atoms with Crippen molar-refractivity contribution in [3.8, 4) is 0 Å². The van der Waals surface area contributed by atoms with Crippen LogP contribution in [0, 0.1) is 5.92 Å². The summed E-state index contributed by atoms with van der Waals surface area (Å²) in [6.07, 6.45) is 4.47. The molecule has 1 aliphatic carbocycles. The number of nitrogens with one attached hydrogen (secondary N) is 1. The molecule has 3 heteroatoms. The molecule has 1 aliphatic rings. The van der Waals surface area contributed by atoms with Crippen LogP contribution < -0.4 is 5.32 Å². The monoisotopic (exact) mass is 277 g/mol. The van der Waals surface area contributed by atoms with Gasteiger partial charge in [-0.2, -0.15) is 0 Å². The topological polar surface area (TPSA) is 41.5 Å². The van der Waals surface area contributed by atoms with Gasteiger partial charge >= 0.3 is 0 Å². The summed E-state index contributed by atoms with van der Waals surface area (Å²) in [4.78, 5) is 0. The smallest absolute Gasteiger partial charge is 0.116 e. The molecule has 1 saturated carbocycles. The Labute approximate surface area is 122 Å². The van der Waals surface area contributed by atoms with Crippen LogP contribution in [0.15, 0.2) is 30.3 Å². The summed E-state index contributed by atoms with van der Waals surface area (Å²) in [6.45, 7) is 5.42. The lowest BCUT2D eigenvalue weighted by Crippen LogP contribution is -2.50. The van der Waals surface area contributed by atoms with E-state index in [1.807, 2.05) is 32.0 Å². The van der Waals surface area contributed by atoms with Gasteiger partial charge in [-0.15, -0.1) is 0 Å². The first-order valence-electron chi connectivity index (χ1n) is 7.74. The maximum Gasteiger partial charge on any atom is 0.116 e. The highest BCUT2D eigenvalue weighted by atomic mass is 16.5. The molecule has 0 spiro atoms. The van der Waals surface area contributed by atoms with E-state index in [1.54, 1.807) is 0 Å². The van der Waals surface area contributed by atoms with Crippen LogP contribution in [0.1, 0.15) is 45.1 Å². The fourth-order valence-corrected chi connectivity index (χ4v) is 3.08. The Balaban J connectivity index is 1.74. The van der Waals surface area contributed by atoms with Crippen LogP contribution in [-0.4, -0.2) is 23.5 Å². The van der Waals surface area contributed by atoms with Crippen molar-refractivity contribution in [2.45, 2.75) is 58.0 Å². The summed E-state index contributed by atoms with van der Waals surface area (Å²) in [5, 5.41) is 13.6. The molecular formula is C17H27NO2. The van der Waals surface area contributed by atoms with E-state index in [0.29, 0.717) is 18.6 Å². The van der Waals surface area contributed by atoms with Crippen LogP contribution in [0.4, 0.5) is 0 Å². The van der Waals surface area contributed by atoms with Crippen LogP contribution in [0.25, 0.3) is 0 Å². The average Bonchev–Trinajstić information content (AvgIpc) is 2.47. The SMILES string of the molecule is CCNC(C)(O)C1CCC(OCc2ccccc2)CC1. The molecule has 2 N–H and O–H groups in total. The van der Waals surface area contributed by atoms with Crippen molar-refractivity contribution < 1.29 is 9.84 Å². The van der Waals surface area contributed by atoms with Crippen molar-refractivity contribution in [1.82, 2.24) is 5.32 Å². The Morgan fingerprint density at radius 1 is 1.20 bits per heavy atom. The van der Waals surface area contributed by atoms with Gasteiger partial charge in [0.05, 0.1) is 12.7 Å². The Kier molecular flexibility index (Phi) is 5.58. The number of aliphatic hydroxyl groups is 1.